The van der Waals surface area contributed by atoms with Crippen molar-refractivity contribution in [2.75, 3.05) is 6.61 Å². The third-order valence-electron chi connectivity index (χ3n) is 5.73. The van der Waals surface area contributed by atoms with E-state index in [1.165, 1.54) is 4.57 Å². The molecular weight excluding hydrogens is 456 g/mol. The number of aromatic nitrogens is 4. The van der Waals surface area contributed by atoms with Gasteiger partial charge >= 0.3 is 11.7 Å². The van der Waals surface area contributed by atoms with Crippen LogP contribution in [0.2, 0.25) is 5.02 Å². The van der Waals surface area contributed by atoms with Crippen LogP contribution in [-0.2, 0) is 20.1 Å². The molecule has 2 heterocycles. The molecule has 8 nitrogen and oxygen atoms in total. The molecule has 0 unspecified atom stereocenters. The lowest BCUT2D eigenvalue weighted by Crippen LogP contribution is -2.39. The van der Waals surface area contributed by atoms with Crippen molar-refractivity contribution in [2.24, 2.45) is 7.05 Å². The van der Waals surface area contributed by atoms with Gasteiger partial charge in [-0.25, -0.2) is 4.79 Å². The van der Waals surface area contributed by atoms with Gasteiger partial charge in [0.05, 0.1) is 6.54 Å². The molecule has 1 N–H and O–H groups in total. The molecule has 9 heteroatoms. The third kappa shape index (κ3) is 4.51. The van der Waals surface area contributed by atoms with Gasteiger partial charge in [0.2, 0.25) is 0 Å². The zero-order chi connectivity index (χ0) is 24.4. The second-order valence-corrected chi connectivity index (χ2v) is 8.89. The van der Waals surface area contributed by atoms with E-state index in [1.807, 2.05) is 36.4 Å². The lowest BCUT2D eigenvalue weighted by Gasteiger charge is -2.14. The van der Waals surface area contributed by atoms with E-state index in [0.29, 0.717) is 17.3 Å². The molecule has 34 heavy (non-hydrogen) atoms. The second kappa shape index (κ2) is 9.87. The molecule has 0 aliphatic heterocycles. The van der Waals surface area contributed by atoms with E-state index in [1.54, 1.807) is 23.7 Å². The quantitative estimate of drug-likeness (QED) is 0.411. The van der Waals surface area contributed by atoms with Crippen LogP contribution >= 0.6 is 11.6 Å². The summed E-state index contributed by atoms with van der Waals surface area (Å²) >= 11 is 6.05. The Bertz CT molecular complexity index is 1430. The van der Waals surface area contributed by atoms with Crippen molar-refractivity contribution in [3.63, 3.8) is 0 Å². The van der Waals surface area contributed by atoms with Gasteiger partial charge in [-0.3, -0.25) is 18.5 Å². The molecule has 0 saturated heterocycles. The summed E-state index contributed by atoms with van der Waals surface area (Å²) in [5.74, 6) is 0.848. The number of rotatable bonds is 8. The molecule has 0 fully saturated rings. The van der Waals surface area contributed by atoms with E-state index in [2.05, 4.69) is 18.8 Å². The Hall–Kier alpha value is -3.36. The van der Waals surface area contributed by atoms with Gasteiger partial charge in [0.25, 0.3) is 5.56 Å². The molecule has 4 aromatic rings. The second-order valence-electron chi connectivity index (χ2n) is 8.45. The molecule has 4 rings (SSSR count). The van der Waals surface area contributed by atoms with E-state index >= 15 is 0 Å². The number of hydrogen-bond acceptors (Lipinski definition) is 5. The minimum absolute atomic E-state index is 0.108. The van der Waals surface area contributed by atoms with Crippen molar-refractivity contribution >= 4 is 22.8 Å². The van der Waals surface area contributed by atoms with Crippen LogP contribution in [0.5, 0.6) is 11.8 Å². The van der Waals surface area contributed by atoms with Crippen molar-refractivity contribution in [1.29, 1.82) is 0 Å². The monoisotopic (exact) mass is 482 g/mol. The Balaban J connectivity index is 1.95. The van der Waals surface area contributed by atoms with E-state index in [9.17, 15) is 14.7 Å². The SMILES string of the molecule is CC(C)c1ccccc1Oc1nc2c(c(=O)n(CCCO)c(=O)n2C)n1Cc1ccc(Cl)cc1. The number of para-hydroxylation sites is 1. The zero-order valence-electron chi connectivity index (χ0n) is 19.4. The van der Waals surface area contributed by atoms with Crippen molar-refractivity contribution in [2.45, 2.75) is 39.3 Å². The predicted molar refractivity (Wildman–Crippen MR) is 132 cm³/mol. The van der Waals surface area contributed by atoms with Crippen LogP contribution in [0.15, 0.2) is 58.1 Å². The number of nitrogens with zero attached hydrogens (tertiary/aromatic N) is 4. The normalized spacial score (nSPS) is 11.5. The summed E-state index contributed by atoms with van der Waals surface area (Å²) in [5.41, 5.74) is 1.42. The first kappa shape index (κ1) is 23.8. The molecular formula is C25H27ClN4O4. The van der Waals surface area contributed by atoms with Crippen LogP contribution in [0, 0.1) is 0 Å². The van der Waals surface area contributed by atoms with E-state index < -0.39 is 11.2 Å². The molecule has 0 radical (unpaired) electrons. The number of halogens is 1. The van der Waals surface area contributed by atoms with Gasteiger partial charge in [-0.2, -0.15) is 4.98 Å². The molecule has 0 saturated carbocycles. The lowest BCUT2D eigenvalue weighted by atomic mass is 10.0. The topological polar surface area (TPSA) is 91.3 Å². The van der Waals surface area contributed by atoms with Crippen LogP contribution in [0.1, 0.15) is 37.3 Å². The maximum atomic E-state index is 13.4. The lowest BCUT2D eigenvalue weighted by molar-refractivity contribution is 0.277. The van der Waals surface area contributed by atoms with Crippen molar-refractivity contribution in [3.05, 3.63) is 85.5 Å². The summed E-state index contributed by atoms with van der Waals surface area (Å²) in [4.78, 5) is 30.9. The first-order chi connectivity index (χ1) is 16.3. The number of imidazole rings is 1. The summed E-state index contributed by atoms with van der Waals surface area (Å²) < 4.78 is 10.4. The van der Waals surface area contributed by atoms with Gasteiger partial charge in [0, 0.05) is 25.2 Å². The first-order valence-corrected chi connectivity index (χ1v) is 11.5. The Morgan fingerprint density at radius 3 is 2.44 bits per heavy atom. The van der Waals surface area contributed by atoms with Crippen LogP contribution in [0.4, 0.5) is 0 Å². The standard InChI is InChI=1S/C25H27ClN4O4/c1-16(2)19-7-4-5-8-20(19)34-24-27-22-21(30(24)15-17-9-11-18(26)12-10-17)23(32)29(13-6-14-31)25(33)28(22)3/h4-5,7-12,16,31H,6,13-15H2,1-3H3. The summed E-state index contributed by atoms with van der Waals surface area (Å²) in [6, 6.07) is 15.2. The Kier molecular flexibility index (Phi) is 6.90. The summed E-state index contributed by atoms with van der Waals surface area (Å²) in [6.45, 7) is 4.42. The van der Waals surface area contributed by atoms with Gasteiger partial charge in [-0.15, -0.1) is 0 Å². The first-order valence-electron chi connectivity index (χ1n) is 11.1. The zero-order valence-corrected chi connectivity index (χ0v) is 20.1. The van der Waals surface area contributed by atoms with Crippen molar-refractivity contribution in [3.8, 4) is 11.8 Å². The smallest absolute Gasteiger partial charge is 0.332 e. The van der Waals surface area contributed by atoms with Gasteiger partial charge in [0.15, 0.2) is 11.2 Å². The minimum atomic E-state index is -0.490. The van der Waals surface area contributed by atoms with Crippen LogP contribution in [-0.4, -0.2) is 30.4 Å². The highest BCUT2D eigenvalue weighted by molar-refractivity contribution is 6.30. The largest absolute Gasteiger partial charge is 0.425 e. The average Bonchev–Trinajstić information content (AvgIpc) is 3.17. The molecule has 0 amide bonds. The van der Waals surface area contributed by atoms with Crippen molar-refractivity contribution < 1.29 is 9.84 Å². The molecule has 0 aliphatic rings. The number of fused-ring (bicyclic) bond motifs is 1. The van der Waals surface area contributed by atoms with Crippen LogP contribution in [0.25, 0.3) is 11.2 Å². The highest BCUT2D eigenvalue weighted by Gasteiger charge is 2.22. The molecule has 0 spiro atoms. The summed E-state index contributed by atoms with van der Waals surface area (Å²) in [5, 5.41) is 9.84. The number of aliphatic hydroxyl groups is 1. The number of aliphatic hydroxyl groups excluding tert-OH is 1. The average molecular weight is 483 g/mol. The van der Waals surface area contributed by atoms with Gasteiger partial charge in [-0.05, 0) is 41.7 Å². The highest BCUT2D eigenvalue weighted by Crippen LogP contribution is 2.31. The molecule has 178 valence electrons. The minimum Gasteiger partial charge on any atom is -0.425 e. The third-order valence-corrected chi connectivity index (χ3v) is 5.99. The number of hydrogen-bond donors (Lipinski definition) is 1. The number of ether oxygens (including phenoxy) is 1. The van der Waals surface area contributed by atoms with E-state index in [0.717, 1.165) is 15.7 Å². The maximum Gasteiger partial charge on any atom is 0.332 e. The predicted octanol–water partition coefficient (Wildman–Crippen LogP) is 3.90. The molecule has 2 aromatic carbocycles. The Labute approximate surface area is 201 Å². The molecule has 0 bridgehead atoms. The van der Waals surface area contributed by atoms with Gasteiger partial charge in [-0.1, -0.05) is 55.8 Å². The van der Waals surface area contributed by atoms with E-state index in [-0.39, 0.29) is 42.7 Å². The number of benzene rings is 2. The fourth-order valence-corrected chi connectivity index (χ4v) is 4.05. The summed E-state index contributed by atoms with van der Waals surface area (Å²) in [7, 11) is 1.57. The summed E-state index contributed by atoms with van der Waals surface area (Å²) in [6.07, 6.45) is 0.289. The molecule has 0 aliphatic carbocycles. The highest BCUT2D eigenvalue weighted by atomic mass is 35.5. The molecule has 2 aromatic heterocycles. The van der Waals surface area contributed by atoms with Gasteiger partial charge in [0.1, 0.15) is 5.75 Å². The molecule has 0 atom stereocenters. The fraction of sp³-hybridized carbons (Fsp3) is 0.320. The van der Waals surface area contributed by atoms with E-state index in [4.69, 9.17) is 16.3 Å². The Morgan fingerprint density at radius 1 is 1.06 bits per heavy atom. The van der Waals surface area contributed by atoms with Crippen molar-refractivity contribution in [1.82, 2.24) is 18.7 Å². The Morgan fingerprint density at radius 2 is 1.76 bits per heavy atom. The fourth-order valence-electron chi connectivity index (χ4n) is 3.92. The van der Waals surface area contributed by atoms with Gasteiger partial charge < -0.3 is 9.84 Å². The van der Waals surface area contributed by atoms with Crippen LogP contribution < -0.4 is 16.0 Å². The van der Waals surface area contributed by atoms with Crippen LogP contribution in [0.3, 0.4) is 0 Å². The maximum absolute atomic E-state index is 13.4. The number of aryl methyl sites for hydroxylation is 1.